The zero-order valence-corrected chi connectivity index (χ0v) is 10.4. The van der Waals surface area contributed by atoms with Crippen LogP contribution in [-0.4, -0.2) is 0 Å². The van der Waals surface area contributed by atoms with Crippen molar-refractivity contribution in [3.63, 3.8) is 0 Å². The summed E-state index contributed by atoms with van der Waals surface area (Å²) >= 11 is 0. The van der Waals surface area contributed by atoms with E-state index in [0.717, 1.165) is 29.6 Å². The van der Waals surface area contributed by atoms with Gasteiger partial charge in [-0.25, -0.2) is 0 Å². The number of allylic oxidation sites excluding steroid dienone is 1. The lowest BCUT2D eigenvalue weighted by Gasteiger charge is -2.25. The van der Waals surface area contributed by atoms with Gasteiger partial charge in [-0.1, -0.05) is 32.9 Å². The van der Waals surface area contributed by atoms with Crippen molar-refractivity contribution < 1.29 is 0 Å². The first-order chi connectivity index (χ1) is 7.03. The van der Waals surface area contributed by atoms with Crippen molar-refractivity contribution >= 4 is 0 Å². The lowest BCUT2D eigenvalue weighted by Crippen LogP contribution is -2.18. The highest BCUT2D eigenvalue weighted by Gasteiger charge is 2.64. The van der Waals surface area contributed by atoms with E-state index in [0.29, 0.717) is 5.41 Å². The van der Waals surface area contributed by atoms with E-state index in [1.807, 2.05) is 0 Å². The van der Waals surface area contributed by atoms with Gasteiger partial charge >= 0.3 is 0 Å². The predicted octanol–water partition coefficient (Wildman–Crippen LogP) is 4.27. The summed E-state index contributed by atoms with van der Waals surface area (Å²) in [6.07, 6.45) is 5.63. The fourth-order valence-electron chi connectivity index (χ4n) is 4.93. The van der Waals surface area contributed by atoms with Crippen molar-refractivity contribution in [2.24, 2.45) is 35.0 Å². The minimum atomic E-state index is 0.655. The normalized spacial score (nSPS) is 51.9. The molecule has 0 nitrogen and oxygen atoms in total. The van der Waals surface area contributed by atoms with Crippen LogP contribution in [0.3, 0.4) is 0 Å². The van der Waals surface area contributed by atoms with Gasteiger partial charge in [0.25, 0.3) is 0 Å². The van der Waals surface area contributed by atoms with Crippen LogP contribution in [0, 0.1) is 35.0 Å². The molecule has 3 saturated carbocycles. The highest BCUT2D eigenvalue weighted by Crippen LogP contribution is 2.70. The summed E-state index contributed by atoms with van der Waals surface area (Å²) in [6, 6.07) is 0. The molecule has 0 heterocycles. The maximum atomic E-state index is 4.35. The second-order valence-electron chi connectivity index (χ2n) is 6.89. The molecular formula is C15H24. The second-order valence-corrected chi connectivity index (χ2v) is 6.89. The maximum Gasteiger partial charge on any atom is -0.0172 e. The first kappa shape index (κ1) is 9.93. The summed E-state index contributed by atoms with van der Waals surface area (Å²) in [7, 11) is 0. The maximum absolute atomic E-state index is 4.35. The Morgan fingerprint density at radius 1 is 1.20 bits per heavy atom. The first-order valence-corrected chi connectivity index (χ1v) is 6.71. The number of rotatable bonds is 0. The van der Waals surface area contributed by atoms with Crippen LogP contribution in [-0.2, 0) is 0 Å². The van der Waals surface area contributed by atoms with Gasteiger partial charge in [-0.2, -0.15) is 0 Å². The standard InChI is InChI=1S/C15H24/c1-9-6-8-12-14(15(12,3)4)13-10(2)5-7-11(9)13/h10-14H,1,5-8H2,2-4H3/t10-,11+,12?,13-,14?/m1/s1. The molecule has 15 heavy (non-hydrogen) atoms. The highest BCUT2D eigenvalue weighted by molar-refractivity contribution is 5.20. The molecule has 0 radical (unpaired) electrons. The van der Waals surface area contributed by atoms with Crippen molar-refractivity contribution in [2.45, 2.75) is 46.5 Å². The van der Waals surface area contributed by atoms with Gasteiger partial charge in [0.15, 0.2) is 0 Å². The Morgan fingerprint density at radius 2 is 1.93 bits per heavy atom. The van der Waals surface area contributed by atoms with Gasteiger partial charge in [0, 0.05) is 0 Å². The SMILES string of the molecule is C=C1CCC2C([C@@H]3[C@H](C)CC[C@@H]13)C2(C)C. The van der Waals surface area contributed by atoms with Crippen molar-refractivity contribution in [1.82, 2.24) is 0 Å². The molecule has 3 aliphatic rings. The molecule has 0 saturated heterocycles. The average molecular weight is 204 g/mol. The van der Waals surface area contributed by atoms with E-state index < -0.39 is 0 Å². The fraction of sp³-hybridized carbons (Fsp3) is 0.867. The van der Waals surface area contributed by atoms with Crippen molar-refractivity contribution in [3.8, 4) is 0 Å². The summed E-state index contributed by atoms with van der Waals surface area (Å²) < 4.78 is 0. The first-order valence-electron chi connectivity index (χ1n) is 6.71. The van der Waals surface area contributed by atoms with E-state index in [-0.39, 0.29) is 0 Å². The molecule has 3 rings (SSSR count). The Balaban J connectivity index is 1.93. The van der Waals surface area contributed by atoms with E-state index in [4.69, 9.17) is 0 Å². The zero-order valence-electron chi connectivity index (χ0n) is 10.4. The van der Waals surface area contributed by atoms with Gasteiger partial charge in [0.05, 0.1) is 0 Å². The predicted molar refractivity (Wildman–Crippen MR) is 64.5 cm³/mol. The average Bonchev–Trinajstić information content (AvgIpc) is 2.55. The molecule has 0 aromatic carbocycles. The summed E-state index contributed by atoms with van der Waals surface area (Å²) in [5, 5.41) is 0. The highest BCUT2D eigenvalue weighted by atomic mass is 14.7. The molecule has 0 aromatic heterocycles. The summed E-state index contributed by atoms with van der Waals surface area (Å²) in [6.45, 7) is 11.8. The Labute approximate surface area is 94.1 Å². The lowest BCUT2D eigenvalue weighted by atomic mass is 9.80. The number of hydrogen-bond donors (Lipinski definition) is 0. The van der Waals surface area contributed by atoms with E-state index in [2.05, 4.69) is 27.4 Å². The monoisotopic (exact) mass is 204 g/mol. The summed E-state index contributed by atoms with van der Waals surface area (Å²) in [5.41, 5.74) is 2.25. The van der Waals surface area contributed by atoms with Gasteiger partial charge in [-0.15, -0.1) is 0 Å². The van der Waals surface area contributed by atoms with Gasteiger partial charge < -0.3 is 0 Å². The van der Waals surface area contributed by atoms with E-state index >= 15 is 0 Å². The largest absolute Gasteiger partial charge is 0.0996 e. The molecule has 0 aliphatic heterocycles. The molecule has 0 spiro atoms. The topological polar surface area (TPSA) is 0 Å². The molecule has 3 fully saturated rings. The molecule has 3 aliphatic carbocycles. The molecule has 84 valence electrons. The number of hydrogen-bond acceptors (Lipinski definition) is 0. The molecule has 2 unspecified atom stereocenters. The van der Waals surface area contributed by atoms with Crippen LogP contribution >= 0.6 is 0 Å². The zero-order chi connectivity index (χ0) is 10.8. The quantitative estimate of drug-likeness (QED) is 0.517. The van der Waals surface area contributed by atoms with Crippen LogP contribution in [0.15, 0.2) is 12.2 Å². The summed E-state index contributed by atoms with van der Waals surface area (Å²) in [4.78, 5) is 0. The van der Waals surface area contributed by atoms with Crippen LogP contribution < -0.4 is 0 Å². The van der Waals surface area contributed by atoms with Crippen LogP contribution in [0.5, 0.6) is 0 Å². The smallest absolute Gasteiger partial charge is 0.0172 e. The van der Waals surface area contributed by atoms with E-state index in [1.165, 1.54) is 25.7 Å². The van der Waals surface area contributed by atoms with Crippen molar-refractivity contribution in [3.05, 3.63) is 12.2 Å². The van der Waals surface area contributed by atoms with Gasteiger partial charge in [0.1, 0.15) is 0 Å². The molecule has 5 atom stereocenters. The molecule has 0 N–H and O–H groups in total. The van der Waals surface area contributed by atoms with Crippen LogP contribution in [0.25, 0.3) is 0 Å². The van der Waals surface area contributed by atoms with E-state index in [1.54, 1.807) is 5.57 Å². The Kier molecular flexibility index (Phi) is 1.92. The fourth-order valence-corrected chi connectivity index (χ4v) is 4.93. The van der Waals surface area contributed by atoms with Gasteiger partial charge in [-0.3, -0.25) is 0 Å². The third-order valence-corrected chi connectivity index (χ3v) is 5.91. The van der Waals surface area contributed by atoms with Crippen LogP contribution in [0.2, 0.25) is 0 Å². The third kappa shape index (κ3) is 1.20. The van der Waals surface area contributed by atoms with Crippen molar-refractivity contribution in [2.75, 3.05) is 0 Å². The summed E-state index contributed by atoms with van der Waals surface area (Å²) in [5.74, 6) is 4.87. The molecule has 0 heteroatoms. The molecule has 0 bridgehead atoms. The lowest BCUT2D eigenvalue weighted by molar-refractivity contribution is 0.280. The Hall–Kier alpha value is -0.260. The van der Waals surface area contributed by atoms with Crippen LogP contribution in [0.1, 0.15) is 46.5 Å². The van der Waals surface area contributed by atoms with Crippen LogP contribution in [0.4, 0.5) is 0 Å². The Morgan fingerprint density at radius 3 is 2.67 bits per heavy atom. The second kappa shape index (κ2) is 2.90. The van der Waals surface area contributed by atoms with Gasteiger partial charge in [-0.05, 0) is 60.7 Å². The minimum absolute atomic E-state index is 0.655. The molecule has 0 aromatic rings. The number of fused-ring (bicyclic) bond motifs is 3. The van der Waals surface area contributed by atoms with Crippen molar-refractivity contribution in [1.29, 1.82) is 0 Å². The molecule has 0 amide bonds. The molecular weight excluding hydrogens is 180 g/mol. The van der Waals surface area contributed by atoms with E-state index in [9.17, 15) is 0 Å². The van der Waals surface area contributed by atoms with Gasteiger partial charge in [0.2, 0.25) is 0 Å². The third-order valence-electron chi connectivity index (χ3n) is 5.91. The minimum Gasteiger partial charge on any atom is -0.0996 e. The Bertz CT molecular complexity index is 299.